The van der Waals surface area contributed by atoms with E-state index in [9.17, 15) is 4.39 Å². The fourth-order valence-corrected chi connectivity index (χ4v) is 2.45. The van der Waals surface area contributed by atoms with Gasteiger partial charge in [-0.3, -0.25) is 0 Å². The van der Waals surface area contributed by atoms with Crippen LogP contribution in [0.3, 0.4) is 0 Å². The van der Waals surface area contributed by atoms with Crippen LogP contribution in [-0.2, 0) is 14.8 Å². The Kier molecular flexibility index (Phi) is 8.82. The molecule has 0 aliphatic rings. The molecule has 1 aromatic rings. The Morgan fingerprint density at radius 3 is 2.20 bits per heavy atom. The van der Waals surface area contributed by atoms with Gasteiger partial charge in [0.25, 0.3) is 0 Å². The molecule has 0 fully saturated rings. The van der Waals surface area contributed by atoms with Gasteiger partial charge >= 0.3 is 0 Å². The molecule has 0 aliphatic heterocycles. The van der Waals surface area contributed by atoms with E-state index >= 15 is 0 Å². The topological polar surface area (TPSA) is 21.7 Å². The van der Waals surface area contributed by atoms with Gasteiger partial charge < -0.3 is 14.4 Å². The molecule has 0 saturated carbocycles. The maximum Gasteiger partial charge on any atom is 0.146 e. The van der Waals surface area contributed by atoms with Gasteiger partial charge in [-0.05, 0) is 25.5 Å². The van der Waals surface area contributed by atoms with E-state index < -0.39 is 0 Å². The summed E-state index contributed by atoms with van der Waals surface area (Å²) in [5.74, 6) is -0.199. The predicted octanol–water partition coefficient (Wildman–Crippen LogP) is 3.60. The molecule has 0 radical (unpaired) electrons. The van der Waals surface area contributed by atoms with Gasteiger partial charge in [0.15, 0.2) is 0 Å². The van der Waals surface area contributed by atoms with E-state index in [2.05, 4.69) is 15.9 Å². The molecule has 0 unspecified atom stereocenters. The normalized spacial score (nSPS) is 10.8. The van der Waals surface area contributed by atoms with Gasteiger partial charge in [-0.15, -0.1) is 0 Å². The lowest BCUT2D eigenvalue weighted by Gasteiger charge is -2.27. The summed E-state index contributed by atoms with van der Waals surface area (Å²) in [6, 6.07) is 5.16. The average molecular weight is 348 g/mol. The number of halogens is 2. The number of hydrogen-bond acceptors (Lipinski definition) is 3. The molecule has 0 bridgehead atoms. The first-order chi connectivity index (χ1) is 9.74. The van der Waals surface area contributed by atoms with Gasteiger partial charge in [0, 0.05) is 31.6 Å². The first-order valence-electron chi connectivity index (χ1n) is 6.98. The summed E-state index contributed by atoms with van der Waals surface area (Å²) in [5, 5.41) is 0.625. The Balaban J connectivity index is 2.84. The molecule has 0 aromatic heterocycles. The summed E-state index contributed by atoms with van der Waals surface area (Å²) >= 11 is 3.42. The molecule has 114 valence electrons. The number of ether oxygens (including phenoxy) is 2. The van der Waals surface area contributed by atoms with Crippen LogP contribution in [-0.4, -0.2) is 39.5 Å². The third-order valence-corrected chi connectivity index (χ3v) is 3.55. The zero-order valence-electron chi connectivity index (χ0n) is 12.2. The van der Waals surface area contributed by atoms with Crippen LogP contribution in [0.4, 0.5) is 10.1 Å². The number of hydrogen-bond donors (Lipinski definition) is 0. The summed E-state index contributed by atoms with van der Waals surface area (Å²) in [4.78, 5) is 2.00. The van der Waals surface area contributed by atoms with Crippen LogP contribution in [0.1, 0.15) is 19.4 Å². The molecule has 1 aromatic carbocycles. The number of rotatable bonds is 10. The molecule has 20 heavy (non-hydrogen) atoms. The second kappa shape index (κ2) is 10.1. The molecular formula is C15H23BrFNO2. The van der Waals surface area contributed by atoms with Crippen molar-refractivity contribution >= 4 is 21.6 Å². The van der Waals surface area contributed by atoms with Gasteiger partial charge in [-0.25, -0.2) is 4.39 Å². The number of benzene rings is 1. The van der Waals surface area contributed by atoms with Gasteiger partial charge in [0.05, 0.1) is 18.9 Å². The van der Waals surface area contributed by atoms with Crippen LogP contribution in [0.25, 0.3) is 0 Å². The Bertz CT molecular complexity index is 380. The fourth-order valence-electron chi connectivity index (χ4n) is 2.00. The molecule has 1 rings (SSSR count). The summed E-state index contributed by atoms with van der Waals surface area (Å²) in [5.41, 5.74) is 1.58. The minimum Gasteiger partial charge on any atom is -0.380 e. The molecule has 0 spiro atoms. The van der Waals surface area contributed by atoms with E-state index in [1.54, 1.807) is 6.07 Å². The van der Waals surface area contributed by atoms with Crippen molar-refractivity contribution in [3.05, 3.63) is 29.6 Å². The van der Waals surface area contributed by atoms with Crippen LogP contribution >= 0.6 is 15.9 Å². The molecule has 0 aliphatic carbocycles. The molecule has 5 heteroatoms. The molecule has 0 heterocycles. The Morgan fingerprint density at radius 2 is 1.70 bits per heavy atom. The third kappa shape index (κ3) is 5.38. The average Bonchev–Trinajstić information content (AvgIpc) is 2.46. The molecule has 0 amide bonds. The van der Waals surface area contributed by atoms with Crippen molar-refractivity contribution in [1.82, 2.24) is 0 Å². The fraction of sp³-hybridized carbons (Fsp3) is 0.600. The van der Waals surface area contributed by atoms with E-state index in [4.69, 9.17) is 9.47 Å². The summed E-state index contributed by atoms with van der Waals surface area (Å²) in [6.07, 6.45) is 0. The van der Waals surface area contributed by atoms with Gasteiger partial charge in [0.1, 0.15) is 5.82 Å². The van der Waals surface area contributed by atoms with Crippen molar-refractivity contribution in [2.24, 2.45) is 0 Å². The largest absolute Gasteiger partial charge is 0.380 e. The number of alkyl halides is 1. The van der Waals surface area contributed by atoms with Crippen LogP contribution in [0, 0.1) is 5.82 Å². The zero-order chi connectivity index (χ0) is 14.8. The van der Waals surface area contributed by atoms with Crippen molar-refractivity contribution in [1.29, 1.82) is 0 Å². The van der Waals surface area contributed by atoms with Gasteiger partial charge in [0.2, 0.25) is 0 Å². The standard InChI is InChI=1S/C15H23BrFNO2/c1-3-19-10-8-18(9-11-20-4-2)15-13(12-16)6-5-7-14(15)17/h5-7H,3-4,8-12H2,1-2H3. The Hall–Kier alpha value is -0.650. The predicted molar refractivity (Wildman–Crippen MR) is 84.2 cm³/mol. The quantitative estimate of drug-likeness (QED) is 0.476. The van der Waals surface area contributed by atoms with Gasteiger partial charge in [-0.2, -0.15) is 0 Å². The number of para-hydroxylation sites is 1. The van der Waals surface area contributed by atoms with Crippen LogP contribution in [0.2, 0.25) is 0 Å². The maximum atomic E-state index is 14.2. The number of nitrogens with zero attached hydrogens (tertiary/aromatic N) is 1. The second-order valence-electron chi connectivity index (χ2n) is 4.26. The highest BCUT2D eigenvalue weighted by molar-refractivity contribution is 9.08. The first-order valence-corrected chi connectivity index (χ1v) is 8.10. The highest BCUT2D eigenvalue weighted by Gasteiger charge is 2.15. The summed E-state index contributed by atoms with van der Waals surface area (Å²) in [7, 11) is 0. The SMILES string of the molecule is CCOCCN(CCOCC)c1c(F)cccc1CBr. The zero-order valence-corrected chi connectivity index (χ0v) is 13.8. The molecular weight excluding hydrogens is 325 g/mol. The van der Waals surface area contributed by atoms with Crippen molar-refractivity contribution in [3.8, 4) is 0 Å². The third-order valence-electron chi connectivity index (χ3n) is 2.95. The number of anilines is 1. The monoisotopic (exact) mass is 347 g/mol. The smallest absolute Gasteiger partial charge is 0.146 e. The van der Waals surface area contributed by atoms with Crippen molar-refractivity contribution in [2.45, 2.75) is 19.2 Å². The summed E-state index contributed by atoms with van der Waals surface area (Å²) in [6.45, 7) is 7.72. The van der Waals surface area contributed by atoms with Crippen molar-refractivity contribution in [2.75, 3.05) is 44.4 Å². The van der Waals surface area contributed by atoms with E-state index in [1.807, 2.05) is 24.8 Å². The second-order valence-corrected chi connectivity index (χ2v) is 4.82. The lowest BCUT2D eigenvalue weighted by Crippen LogP contribution is -2.32. The molecule has 0 saturated heterocycles. The lowest BCUT2D eigenvalue weighted by molar-refractivity contribution is 0.141. The Morgan fingerprint density at radius 1 is 1.10 bits per heavy atom. The van der Waals surface area contributed by atoms with E-state index in [0.29, 0.717) is 50.5 Å². The molecule has 0 N–H and O–H groups in total. The molecule has 3 nitrogen and oxygen atoms in total. The van der Waals surface area contributed by atoms with Crippen LogP contribution in [0.15, 0.2) is 18.2 Å². The van der Waals surface area contributed by atoms with Crippen LogP contribution < -0.4 is 4.90 Å². The lowest BCUT2D eigenvalue weighted by atomic mass is 10.1. The highest BCUT2D eigenvalue weighted by Crippen LogP contribution is 2.26. The minimum absolute atomic E-state index is 0.199. The first kappa shape index (κ1) is 17.4. The van der Waals surface area contributed by atoms with Gasteiger partial charge in [-0.1, -0.05) is 28.1 Å². The van der Waals surface area contributed by atoms with E-state index in [-0.39, 0.29) is 5.82 Å². The van der Waals surface area contributed by atoms with E-state index in [0.717, 1.165) is 5.56 Å². The summed E-state index contributed by atoms with van der Waals surface area (Å²) < 4.78 is 24.9. The minimum atomic E-state index is -0.199. The highest BCUT2D eigenvalue weighted by atomic mass is 79.9. The molecule has 0 atom stereocenters. The van der Waals surface area contributed by atoms with E-state index in [1.165, 1.54) is 6.07 Å². The Labute approximate surface area is 129 Å². The van der Waals surface area contributed by atoms with Crippen LogP contribution in [0.5, 0.6) is 0 Å². The van der Waals surface area contributed by atoms with Crippen molar-refractivity contribution in [3.63, 3.8) is 0 Å². The van der Waals surface area contributed by atoms with Crippen molar-refractivity contribution < 1.29 is 13.9 Å². The maximum absolute atomic E-state index is 14.2.